The molecule has 1 aliphatic carbocycles. The molecule has 1 heterocycles. The van der Waals surface area contributed by atoms with Crippen molar-refractivity contribution in [2.24, 2.45) is 21.3 Å². The van der Waals surface area contributed by atoms with Crippen LogP contribution in [0.2, 0.25) is 0 Å². The molecule has 1 aromatic carbocycles. The Balaban J connectivity index is 2.09. The molecule has 1 aromatic rings. The van der Waals surface area contributed by atoms with Crippen LogP contribution in [0.5, 0.6) is 0 Å². The first kappa shape index (κ1) is 21.6. The van der Waals surface area contributed by atoms with Gasteiger partial charge in [0, 0.05) is 36.6 Å². The van der Waals surface area contributed by atoms with Gasteiger partial charge in [0.25, 0.3) is 0 Å². The monoisotopic (exact) mass is 393 g/mol. The van der Waals surface area contributed by atoms with E-state index in [1.165, 1.54) is 11.1 Å². The number of rotatable bonds is 3. The van der Waals surface area contributed by atoms with Crippen LogP contribution in [-0.4, -0.2) is 31.8 Å². The molecule has 3 rings (SSSR count). The van der Waals surface area contributed by atoms with E-state index in [9.17, 15) is 0 Å². The first-order valence-corrected chi connectivity index (χ1v) is 10.7. The van der Waals surface area contributed by atoms with Crippen LogP contribution >= 0.6 is 0 Å². The second kappa shape index (κ2) is 8.32. The van der Waals surface area contributed by atoms with Crippen LogP contribution < -0.4 is 5.32 Å². The van der Waals surface area contributed by atoms with E-state index >= 15 is 0 Å². The van der Waals surface area contributed by atoms with Gasteiger partial charge in [-0.3, -0.25) is 4.99 Å². The third-order valence-corrected chi connectivity index (χ3v) is 5.99. The average molecular weight is 394 g/mol. The summed E-state index contributed by atoms with van der Waals surface area (Å²) in [6, 6.07) is 6.50. The van der Waals surface area contributed by atoms with E-state index in [0.717, 1.165) is 42.8 Å². The van der Waals surface area contributed by atoms with Crippen molar-refractivity contribution < 1.29 is 4.74 Å². The predicted octanol–water partition coefficient (Wildman–Crippen LogP) is 4.84. The summed E-state index contributed by atoms with van der Waals surface area (Å²) in [7, 11) is 3.74. The largest absolute Gasteiger partial charge is 0.381 e. The molecule has 4 nitrogen and oxygen atoms in total. The number of methoxy groups -OCH3 is 1. The number of nitrogens with one attached hydrogen (secondary N) is 1. The van der Waals surface area contributed by atoms with Crippen molar-refractivity contribution in [1.82, 2.24) is 5.32 Å². The maximum absolute atomic E-state index is 5.61. The minimum Gasteiger partial charge on any atom is -0.381 e. The van der Waals surface area contributed by atoms with Crippen LogP contribution in [0.4, 0.5) is 0 Å². The molecule has 0 aromatic heterocycles. The van der Waals surface area contributed by atoms with Crippen molar-refractivity contribution in [3.05, 3.63) is 34.9 Å². The van der Waals surface area contributed by atoms with Crippen molar-refractivity contribution in [2.75, 3.05) is 14.2 Å². The van der Waals surface area contributed by atoms with E-state index in [4.69, 9.17) is 14.7 Å². The molecular formula is C25H35N3O. The Morgan fingerprint density at radius 1 is 1.10 bits per heavy atom. The van der Waals surface area contributed by atoms with Gasteiger partial charge >= 0.3 is 0 Å². The summed E-state index contributed by atoms with van der Waals surface area (Å²) in [6.45, 7) is 10.6. The molecule has 1 unspecified atom stereocenters. The molecule has 0 amide bonds. The highest BCUT2D eigenvalue weighted by molar-refractivity contribution is 6.41. The van der Waals surface area contributed by atoms with E-state index in [-0.39, 0.29) is 5.41 Å². The van der Waals surface area contributed by atoms with Crippen molar-refractivity contribution in [3.63, 3.8) is 0 Å². The van der Waals surface area contributed by atoms with E-state index in [1.54, 1.807) is 0 Å². The number of aryl methyl sites for hydroxylation is 1. The highest BCUT2D eigenvalue weighted by Gasteiger charge is 2.46. The van der Waals surface area contributed by atoms with E-state index in [1.807, 2.05) is 14.2 Å². The Bertz CT molecular complexity index is 874. The molecule has 0 spiro atoms. The fourth-order valence-corrected chi connectivity index (χ4v) is 4.40. The Kier molecular flexibility index (Phi) is 6.19. The smallest absolute Gasteiger partial charge is 0.181 e. The van der Waals surface area contributed by atoms with Gasteiger partial charge in [0.15, 0.2) is 5.66 Å². The van der Waals surface area contributed by atoms with Gasteiger partial charge in [-0.15, -0.1) is 0 Å². The van der Waals surface area contributed by atoms with Gasteiger partial charge in [-0.05, 0) is 78.0 Å². The fourth-order valence-electron chi connectivity index (χ4n) is 4.40. The fraction of sp³-hybridized carbons (Fsp3) is 0.600. The molecule has 0 radical (unpaired) electrons. The zero-order chi connectivity index (χ0) is 21.2. The number of hydrogen-bond acceptors (Lipinski definition) is 4. The van der Waals surface area contributed by atoms with E-state index in [2.05, 4.69) is 70.0 Å². The third-order valence-electron chi connectivity index (χ3n) is 5.99. The van der Waals surface area contributed by atoms with Crippen LogP contribution in [0.3, 0.4) is 0 Å². The maximum atomic E-state index is 5.61. The molecule has 0 saturated heterocycles. The number of amidine groups is 1. The average Bonchev–Trinajstić information content (AvgIpc) is 3.04. The number of nitrogens with zero attached hydrogens (tertiary/aromatic N) is 2. The standard InChI is InChI=1S/C25H35N3O/c1-17-8-9-19(14-15-24(3,4)5)16-22(17)25(27-18(2)23(26-6)28-25)20-10-12-21(29-7)13-11-20/h8-9,16,20-21H,10-13H2,1-7H3,(H,26,28). The first-order chi connectivity index (χ1) is 13.7. The molecule has 156 valence electrons. The second-order valence-electron chi connectivity index (χ2n) is 9.37. The highest BCUT2D eigenvalue weighted by Crippen LogP contribution is 2.47. The molecule has 4 heteroatoms. The van der Waals surface area contributed by atoms with Crippen LogP contribution in [0.1, 0.15) is 70.1 Å². The van der Waals surface area contributed by atoms with Crippen LogP contribution in [0.25, 0.3) is 0 Å². The zero-order valence-electron chi connectivity index (χ0n) is 19.0. The van der Waals surface area contributed by atoms with Crippen LogP contribution in [-0.2, 0) is 10.4 Å². The number of ether oxygens (including phenoxy) is 1. The lowest BCUT2D eigenvalue weighted by Gasteiger charge is -2.38. The summed E-state index contributed by atoms with van der Waals surface area (Å²) in [5.74, 6) is 7.98. The van der Waals surface area contributed by atoms with Gasteiger partial charge in [-0.2, -0.15) is 0 Å². The molecule has 1 N–H and O–H groups in total. The molecule has 1 saturated carbocycles. The Labute approximate surface area is 176 Å². The molecule has 0 bridgehead atoms. The first-order valence-electron chi connectivity index (χ1n) is 10.7. The third kappa shape index (κ3) is 4.56. The molecule has 2 aliphatic rings. The van der Waals surface area contributed by atoms with Gasteiger partial charge in [0.05, 0.1) is 11.8 Å². The molecule has 29 heavy (non-hydrogen) atoms. The quantitative estimate of drug-likeness (QED) is 0.747. The Morgan fingerprint density at radius 2 is 1.79 bits per heavy atom. The van der Waals surface area contributed by atoms with Gasteiger partial charge in [0.2, 0.25) is 0 Å². The Hall–Kier alpha value is -2.12. The van der Waals surface area contributed by atoms with Crippen LogP contribution in [0.15, 0.2) is 28.2 Å². The second-order valence-corrected chi connectivity index (χ2v) is 9.37. The zero-order valence-corrected chi connectivity index (χ0v) is 19.0. The molecule has 1 atom stereocenters. The SMILES string of the molecule is CNC1=NC(c2cc(C#CC(C)(C)C)ccc2C)(C2CCC(OC)CC2)N=C1C. The molecular weight excluding hydrogens is 358 g/mol. The topological polar surface area (TPSA) is 46.0 Å². The highest BCUT2D eigenvalue weighted by atomic mass is 16.5. The predicted molar refractivity (Wildman–Crippen MR) is 122 cm³/mol. The number of aliphatic imine (C=N–C) groups is 2. The number of hydrogen-bond donors (Lipinski definition) is 1. The van der Waals surface area contributed by atoms with Crippen LogP contribution in [0, 0.1) is 30.1 Å². The summed E-state index contributed by atoms with van der Waals surface area (Å²) in [5, 5.41) is 3.24. The minimum atomic E-state index is -0.565. The molecule has 1 aliphatic heterocycles. The summed E-state index contributed by atoms with van der Waals surface area (Å²) < 4.78 is 5.61. The minimum absolute atomic E-state index is 0.0270. The Morgan fingerprint density at radius 3 is 2.34 bits per heavy atom. The molecule has 1 fully saturated rings. The maximum Gasteiger partial charge on any atom is 0.181 e. The van der Waals surface area contributed by atoms with E-state index < -0.39 is 5.66 Å². The van der Waals surface area contributed by atoms with Gasteiger partial charge in [-0.1, -0.05) is 17.9 Å². The summed E-state index contributed by atoms with van der Waals surface area (Å²) >= 11 is 0. The lowest BCUT2D eigenvalue weighted by Crippen LogP contribution is -2.36. The van der Waals surface area contributed by atoms with Gasteiger partial charge < -0.3 is 10.1 Å². The summed E-state index contributed by atoms with van der Waals surface area (Å²) in [4.78, 5) is 10.4. The van der Waals surface area contributed by atoms with Gasteiger partial charge in [0.1, 0.15) is 5.84 Å². The lowest BCUT2D eigenvalue weighted by molar-refractivity contribution is 0.0426. The summed E-state index contributed by atoms with van der Waals surface area (Å²) in [6.07, 6.45) is 4.60. The normalized spacial score (nSPS) is 27.0. The van der Waals surface area contributed by atoms with Crippen molar-refractivity contribution in [3.8, 4) is 11.8 Å². The van der Waals surface area contributed by atoms with Crippen molar-refractivity contribution in [1.29, 1.82) is 0 Å². The van der Waals surface area contributed by atoms with Gasteiger partial charge in [-0.25, -0.2) is 4.99 Å². The lowest BCUT2D eigenvalue weighted by atomic mass is 9.75. The van der Waals surface area contributed by atoms with E-state index in [0.29, 0.717) is 12.0 Å². The summed E-state index contributed by atoms with van der Waals surface area (Å²) in [5.41, 5.74) is 3.82. The van der Waals surface area contributed by atoms with Crippen molar-refractivity contribution in [2.45, 2.75) is 72.1 Å². The van der Waals surface area contributed by atoms with Crippen molar-refractivity contribution >= 4 is 11.5 Å². The number of benzene rings is 1.